The van der Waals surface area contributed by atoms with Crippen LogP contribution in [0.4, 0.5) is 10.1 Å². The number of carbonyl (C=O) groups excluding carboxylic acids is 1. The summed E-state index contributed by atoms with van der Waals surface area (Å²) in [6.07, 6.45) is 6.60. The van der Waals surface area contributed by atoms with Gasteiger partial charge in [0, 0.05) is 44.7 Å². The van der Waals surface area contributed by atoms with Gasteiger partial charge in [-0.05, 0) is 50.4 Å². The molecule has 0 bridgehead atoms. The average molecular weight is 459 g/mol. The number of allylic oxidation sites excluding steroid dienone is 2. The normalized spacial score (nSPS) is 18.3. The first kappa shape index (κ1) is 25.4. The molecule has 1 aromatic carbocycles. The number of ether oxygens (including phenoxy) is 1. The van der Waals surface area contributed by atoms with E-state index in [0.717, 1.165) is 61.2 Å². The third-order valence-corrected chi connectivity index (χ3v) is 6.62. The van der Waals surface area contributed by atoms with Crippen molar-refractivity contribution in [2.45, 2.75) is 45.6 Å². The zero-order chi connectivity index (χ0) is 23.8. The van der Waals surface area contributed by atoms with E-state index in [1.165, 1.54) is 0 Å². The van der Waals surface area contributed by atoms with Gasteiger partial charge in [0.2, 0.25) is 5.91 Å². The molecule has 33 heavy (non-hydrogen) atoms. The number of aromatic amines is 1. The molecule has 1 aromatic heterocycles. The van der Waals surface area contributed by atoms with Crippen LogP contribution in [-0.2, 0) is 16.0 Å². The fraction of sp³-hybridized carbons (Fsp3) is 0.577. The number of rotatable bonds is 10. The fourth-order valence-corrected chi connectivity index (χ4v) is 4.39. The van der Waals surface area contributed by atoms with Crippen molar-refractivity contribution in [3.63, 3.8) is 0 Å². The van der Waals surface area contributed by atoms with E-state index in [1.807, 2.05) is 31.3 Å². The van der Waals surface area contributed by atoms with E-state index in [1.54, 1.807) is 13.2 Å². The van der Waals surface area contributed by atoms with Crippen LogP contribution in [0, 0.1) is 5.92 Å². The number of aryl methyl sites for hydroxylation is 1. The number of amides is 1. The predicted octanol–water partition coefficient (Wildman–Crippen LogP) is 4.59. The number of nitrogens with zero attached hydrogens (tertiary/aromatic N) is 2. The number of halogens is 1. The topological polar surface area (TPSA) is 60.6 Å². The summed E-state index contributed by atoms with van der Waals surface area (Å²) in [5.41, 5.74) is 2.67. The summed E-state index contributed by atoms with van der Waals surface area (Å²) in [5.74, 6) is 0.126. The number of hydrogen-bond donors (Lipinski definition) is 2. The van der Waals surface area contributed by atoms with Gasteiger partial charge in [0.1, 0.15) is 6.04 Å². The van der Waals surface area contributed by atoms with Crippen molar-refractivity contribution in [3.05, 3.63) is 41.9 Å². The first-order valence-corrected chi connectivity index (χ1v) is 12.1. The van der Waals surface area contributed by atoms with E-state index in [-0.39, 0.29) is 23.7 Å². The molecule has 0 spiro atoms. The molecule has 182 valence electrons. The molecule has 7 heteroatoms. The van der Waals surface area contributed by atoms with Crippen LogP contribution in [0.3, 0.4) is 0 Å². The van der Waals surface area contributed by atoms with Crippen LogP contribution in [0.1, 0.15) is 38.7 Å². The third-order valence-electron chi connectivity index (χ3n) is 6.62. The lowest BCUT2D eigenvalue weighted by Crippen LogP contribution is -2.48. The van der Waals surface area contributed by atoms with Crippen LogP contribution in [-0.4, -0.2) is 73.7 Å². The van der Waals surface area contributed by atoms with Crippen LogP contribution in [0.2, 0.25) is 0 Å². The van der Waals surface area contributed by atoms with Crippen molar-refractivity contribution >= 4 is 22.5 Å². The zero-order valence-electron chi connectivity index (χ0n) is 20.5. The molecule has 1 aliphatic rings. The molecule has 2 atom stereocenters. The van der Waals surface area contributed by atoms with Gasteiger partial charge in [0.05, 0.1) is 23.6 Å². The number of nitrogens with one attached hydrogen (secondary N) is 2. The van der Waals surface area contributed by atoms with Gasteiger partial charge in [-0.1, -0.05) is 32.1 Å². The van der Waals surface area contributed by atoms with Gasteiger partial charge in [-0.25, -0.2) is 4.39 Å². The van der Waals surface area contributed by atoms with Crippen LogP contribution >= 0.6 is 0 Å². The van der Waals surface area contributed by atoms with Crippen LogP contribution < -0.4 is 5.32 Å². The highest BCUT2D eigenvalue weighted by Crippen LogP contribution is 2.28. The molecule has 0 saturated carbocycles. The zero-order valence-corrected chi connectivity index (χ0v) is 20.5. The van der Waals surface area contributed by atoms with Gasteiger partial charge in [0.25, 0.3) is 0 Å². The van der Waals surface area contributed by atoms with Gasteiger partial charge < -0.3 is 19.9 Å². The van der Waals surface area contributed by atoms with Crippen molar-refractivity contribution in [1.82, 2.24) is 14.8 Å². The predicted molar refractivity (Wildman–Crippen MR) is 133 cm³/mol. The minimum Gasteiger partial charge on any atom is -0.383 e. The molecule has 1 aliphatic heterocycles. The van der Waals surface area contributed by atoms with Crippen LogP contribution in [0.25, 0.3) is 10.9 Å². The lowest BCUT2D eigenvalue weighted by atomic mass is 10.0. The van der Waals surface area contributed by atoms with Gasteiger partial charge in [-0.2, -0.15) is 0 Å². The first-order chi connectivity index (χ1) is 15.9. The van der Waals surface area contributed by atoms with Gasteiger partial charge in [0.15, 0.2) is 0 Å². The summed E-state index contributed by atoms with van der Waals surface area (Å²) >= 11 is 0. The molecule has 1 fully saturated rings. The van der Waals surface area contributed by atoms with Crippen molar-refractivity contribution in [1.29, 1.82) is 0 Å². The standard InChI is InChI=1S/C26H39FN4O2/c1-5-19(2)16-21(27)11-10-20-17-28-25-22(20)8-6-9-23(25)29-26(32)24(18-33-4)31-13-7-12-30(3)14-15-31/h6,8-9,16-17,19,24,28H,5,7,10-15,18H2,1-4H3,(H,29,32)/b21-16+. The van der Waals surface area contributed by atoms with Gasteiger partial charge in [-0.3, -0.25) is 9.69 Å². The smallest absolute Gasteiger partial charge is 0.244 e. The lowest BCUT2D eigenvalue weighted by molar-refractivity contribution is -0.123. The Balaban J connectivity index is 1.73. The van der Waals surface area contributed by atoms with Crippen molar-refractivity contribution < 1.29 is 13.9 Å². The lowest BCUT2D eigenvalue weighted by Gasteiger charge is -2.29. The van der Waals surface area contributed by atoms with E-state index in [0.29, 0.717) is 19.4 Å². The molecule has 2 N–H and O–H groups in total. The molecule has 3 rings (SSSR count). The quantitative estimate of drug-likeness (QED) is 0.547. The second-order valence-corrected chi connectivity index (χ2v) is 9.19. The number of benzene rings is 1. The van der Waals surface area contributed by atoms with E-state index in [2.05, 4.69) is 34.1 Å². The van der Waals surface area contributed by atoms with Crippen molar-refractivity contribution in [2.24, 2.45) is 5.92 Å². The number of hydrogen-bond acceptors (Lipinski definition) is 4. The highest BCUT2D eigenvalue weighted by atomic mass is 19.1. The molecule has 6 nitrogen and oxygen atoms in total. The number of methoxy groups -OCH3 is 1. The number of fused-ring (bicyclic) bond motifs is 1. The molecule has 0 aliphatic carbocycles. The number of carbonyl (C=O) groups is 1. The number of likely N-dealkylation sites (N-methyl/N-ethyl adjacent to an activating group) is 1. The minimum atomic E-state index is -0.342. The summed E-state index contributed by atoms with van der Waals surface area (Å²) < 4.78 is 19.6. The number of aromatic nitrogens is 1. The molecule has 1 saturated heterocycles. The third kappa shape index (κ3) is 6.88. The largest absolute Gasteiger partial charge is 0.383 e. The van der Waals surface area contributed by atoms with E-state index < -0.39 is 0 Å². The molecular formula is C26H39FN4O2. The number of H-pyrrole nitrogens is 1. The molecule has 1 amide bonds. The summed E-state index contributed by atoms with van der Waals surface area (Å²) in [6, 6.07) is 5.52. The van der Waals surface area contributed by atoms with E-state index in [4.69, 9.17) is 4.74 Å². The van der Waals surface area contributed by atoms with Crippen LogP contribution in [0.15, 0.2) is 36.3 Å². The Hall–Kier alpha value is -2.22. The first-order valence-electron chi connectivity index (χ1n) is 12.1. The molecule has 0 radical (unpaired) electrons. The Labute approximate surface area is 197 Å². The van der Waals surface area contributed by atoms with Crippen molar-refractivity contribution in [2.75, 3.05) is 52.3 Å². The summed E-state index contributed by atoms with van der Waals surface area (Å²) in [6.45, 7) is 8.13. The van der Waals surface area contributed by atoms with Gasteiger partial charge in [-0.15, -0.1) is 0 Å². The second-order valence-electron chi connectivity index (χ2n) is 9.19. The highest BCUT2D eigenvalue weighted by Gasteiger charge is 2.28. The SMILES string of the molecule is CCC(C)/C=C(/F)CCc1c[nH]c2c(NC(=O)C(COC)N3CCCN(C)CC3)cccc12. The molecule has 2 unspecified atom stereocenters. The Morgan fingerprint density at radius 2 is 2.12 bits per heavy atom. The number of anilines is 1. The Kier molecular flexibility index (Phi) is 9.47. The maximum atomic E-state index is 14.2. The monoisotopic (exact) mass is 458 g/mol. The average Bonchev–Trinajstić information content (AvgIpc) is 3.10. The van der Waals surface area contributed by atoms with Crippen molar-refractivity contribution in [3.8, 4) is 0 Å². The number of para-hydroxylation sites is 1. The Morgan fingerprint density at radius 3 is 2.88 bits per heavy atom. The molecule has 2 aromatic rings. The maximum Gasteiger partial charge on any atom is 0.244 e. The summed E-state index contributed by atoms with van der Waals surface area (Å²) in [4.78, 5) is 21.1. The summed E-state index contributed by atoms with van der Waals surface area (Å²) in [7, 11) is 3.75. The second kappa shape index (κ2) is 12.3. The van der Waals surface area contributed by atoms with Crippen LogP contribution in [0.5, 0.6) is 0 Å². The molecular weight excluding hydrogens is 419 g/mol. The van der Waals surface area contributed by atoms with E-state index >= 15 is 0 Å². The highest BCUT2D eigenvalue weighted by molar-refractivity contribution is 6.03. The summed E-state index contributed by atoms with van der Waals surface area (Å²) in [5, 5.41) is 4.14. The van der Waals surface area contributed by atoms with Gasteiger partial charge >= 0.3 is 0 Å². The Morgan fingerprint density at radius 1 is 1.30 bits per heavy atom. The fourth-order valence-electron chi connectivity index (χ4n) is 4.39. The molecule has 2 heterocycles. The Bertz CT molecular complexity index is 942. The minimum absolute atomic E-state index is 0.0614. The van der Waals surface area contributed by atoms with E-state index in [9.17, 15) is 9.18 Å². The maximum absolute atomic E-state index is 14.2.